The van der Waals surface area contributed by atoms with E-state index in [1.807, 2.05) is 48.2 Å². The van der Waals surface area contributed by atoms with Crippen LogP contribution in [0.25, 0.3) is 10.2 Å². The van der Waals surface area contributed by atoms with Crippen LogP contribution in [0.1, 0.15) is 17.9 Å². The number of hydrogen-bond acceptors (Lipinski definition) is 4. The summed E-state index contributed by atoms with van der Waals surface area (Å²) in [5.41, 5.74) is 2.05. The van der Waals surface area contributed by atoms with Crippen molar-refractivity contribution in [1.82, 2.24) is 4.98 Å². The average molecular weight is 405 g/mol. The minimum absolute atomic E-state index is 0.0319. The van der Waals surface area contributed by atoms with Gasteiger partial charge in [-0.15, -0.1) is 11.8 Å². The molecular weight excluding hydrogens is 392 g/mol. The fourth-order valence-electron chi connectivity index (χ4n) is 2.67. The van der Waals surface area contributed by atoms with E-state index in [-0.39, 0.29) is 16.5 Å². The third-order valence-electron chi connectivity index (χ3n) is 3.78. The van der Waals surface area contributed by atoms with Crippen molar-refractivity contribution in [2.75, 3.05) is 4.90 Å². The summed E-state index contributed by atoms with van der Waals surface area (Å²) in [5.74, 6) is 0.124. The van der Waals surface area contributed by atoms with Crippen LogP contribution in [0.15, 0.2) is 53.0 Å². The fourth-order valence-corrected chi connectivity index (χ4v) is 5.40. The summed E-state index contributed by atoms with van der Waals surface area (Å²) >= 11 is 6.76. The molecular formula is C17H13BrN2OS2. The Morgan fingerprint density at radius 2 is 2.00 bits per heavy atom. The number of aromatic nitrogens is 1. The second-order valence-corrected chi connectivity index (χ2v) is 8.71. The standard InChI is InChI=1S/C17H13BrN2OS2/c1-10-15(21)20(16(22-10)11-5-4-6-12(18)9-11)17-19-13-7-2-3-8-14(13)23-17/h2-10,16H,1H3/t10-,16-/m0/s1. The number of para-hydroxylation sites is 1. The van der Waals surface area contributed by atoms with Gasteiger partial charge in [-0.05, 0) is 36.8 Å². The summed E-state index contributed by atoms with van der Waals surface area (Å²) in [6.07, 6.45) is 0. The summed E-state index contributed by atoms with van der Waals surface area (Å²) in [5, 5.41) is 0.680. The van der Waals surface area contributed by atoms with Gasteiger partial charge in [-0.1, -0.05) is 51.5 Å². The van der Waals surface area contributed by atoms with Crippen LogP contribution in [0.2, 0.25) is 0 Å². The molecule has 0 spiro atoms. The number of rotatable bonds is 2. The first-order valence-electron chi connectivity index (χ1n) is 7.23. The minimum Gasteiger partial charge on any atom is -0.273 e. The van der Waals surface area contributed by atoms with Crippen molar-refractivity contribution in [1.29, 1.82) is 0 Å². The first kappa shape index (κ1) is 15.2. The zero-order valence-electron chi connectivity index (χ0n) is 12.3. The van der Waals surface area contributed by atoms with E-state index in [1.54, 1.807) is 23.1 Å². The number of thioether (sulfide) groups is 1. The lowest BCUT2D eigenvalue weighted by Gasteiger charge is -2.21. The number of carbonyl (C=O) groups is 1. The maximum atomic E-state index is 12.7. The quantitative estimate of drug-likeness (QED) is 0.586. The molecule has 1 aliphatic rings. The molecule has 1 aliphatic heterocycles. The summed E-state index contributed by atoms with van der Waals surface area (Å²) in [7, 11) is 0. The highest BCUT2D eigenvalue weighted by Gasteiger charge is 2.41. The van der Waals surface area contributed by atoms with Gasteiger partial charge in [-0.2, -0.15) is 0 Å². The Kier molecular flexibility index (Phi) is 3.91. The average Bonchev–Trinajstić information content (AvgIpc) is 3.09. The summed E-state index contributed by atoms with van der Waals surface area (Å²) in [4.78, 5) is 19.2. The topological polar surface area (TPSA) is 33.2 Å². The number of benzene rings is 2. The van der Waals surface area contributed by atoms with Gasteiger partial charge >= 0.3 is 0 Å². The highest BCUT2D eigenvalue weighted by atomic mass is 79.9. The summed E-state index contributed by atoms with van der Waals surface area (Å²) < 4.78 is 2.12. The van der Waals surface area contributed by atoms with Crippen molar-refractivity contribution in [2.24, 2.45) is 0 Å². The number of hydrogen-bond donors (Lipinski definition) is 0. The molecule has 0 aliphatic carbocycles. The normalized spacial score (nSPS) is 21.3. The van der Waals surface area contributed by atoms with Gasteiger partial charge in [0.2, 0.25) is 5.91 Å². The summed E-state index contributed by atoms with van der Waals surface area (Å²) in [6.45, 7) is 1.96. The van der Waals surface area contributed by atoms with Crippen LogP contribution in [0.5, 0.6) is 0 Å². The molecule has 1 saturated heterocycles. The number of anilines is 1. The van der Waals surface area contributed by atoms with E-state index in [0.29, 0.717) is 0 Å². The summed E-state index contributed by atoms with van der Waals surface area (Å²) in [6, 6.07) is 16.1. The Hall–Kier alpha value is -1.37. The largest absolute Gasteiger partial charge is 0.273 e. The predicted molar refractivity (Wildman–Crippen MR) is 101 cm³/mol. The lowest BCUT2D eigenvalue weighted by molar-refractivity contribution is -0.117. The van der Waals surface area contributed by atoms with Crippen molar-refractivity contribution >= 4 is 60.3 Å². The van der Waals surface area contributed by atoms with Crippen LogP contribution >= 0.6 is 39.0 Å². The third-order valence-corrected chi connectivity index (χ3v) is 6.65. The maximum absolute atomic E-state index is 12.7. The molecule has 2 aromatic carbocycles. The van der Waals surface area contributed by atoms with E-state index in [1.165, 1.54) is 0 Å². The smallest absolute Gasteiger partial charge is 0.242 e. The molecule has 1 fully saturated rings. The lowest BCUT2D eigenvalue weighted by atomic mass is 10.2. The van der Waals surface area contributed by atoms with E-state index in [9.17, 15) is 4.79 Å². The molecule has 6 heteroatoms. The Bertz CT molecular complexity index is 862. The van der Waals surface area contributed by atoms with E-state index in [0.717, 1.165) is 25.4 Å². The maximum Gasteiger partial charge on any atom is 0.242 e. The van der Waals surface area contributed by atoms with Crippen LogP contribution < -0.4 is 4.90 Å². The zero-order valence-corrected chi connectivity index (χ0v) is 15.5. The third kappa shape index (κ3) is 2.69. The SMILES string of the molecule is C[C@@H]1S[C@@H](c2cccc(Br)c2)N(c2nc3ccccc3s2)C1=O. The lowest BCUT2D eigenvalue weighted by Crippen LogP contribution is -2.29. The van der Waals surface area contributed by atoms with Gasteiger partial charge in [-0.25, -0.2) is 4.98 Å². The van der Waals surface area contributed by atoms with Crippen molar-refractivity contribution in [3.8, 4) is 0 Å². The van der Waals surface area contributed by atoms with Crippen molar-refractivity contribution in [2.45, 2.75) is 17.5 Å². The fraction of sp³-hybridized carbons (Fsp3) is 0.176. The van der Waals surface area contributed by atoms with E-state index < -0.39 is 0 Å². The molecule has 2 atom stereocenters. The highest BCUT2D eigenvalue weighted by molar-refractivity contribution is 9.10. The number of thiazole rings is 1. The molecule has 2 heterocycles. The second-order valence-electron chi connectivity index (χ2n) is 5.36. The Morgan fingerprint density at radius 3 is 2.78 bits per heavy atom. The van der Waals surface area contributed by atoms with Gasteiger partial charge in [0.15, 0.2) is 5.13 Å². The van der Waals surface area contributed by atoms with Crippen LogP contribution in [0.4, 0.5) is 5.13 Å². The monoisotopic (exact) mass is 404 g/mol. The van der Waals surface area contributed by atoms with E-state index in [4.69, 9.17) is 0 Å². The molecule has 3 nitrogen and oxygen atoms in total. The molecule has 116 valence electrons. The molecule has 23 heavy (non-hydrogen) atoms. The zero-order chi connectivity index (χ0) is 16.0. The minimum atomic E-state index is -0.0639. The first-order valence-corrected chi connectivity index (χ1v) is 9.78. The molecule has 0 bridgehead atoms. The van der Waals surface area contributed by atoms with Crippen molar-refractivity contribution in [3.63, 3.8) is 0 Å². The van der Waals surface area contributed by atoms with Gasteiger partial charge in [-0.3, -0.25) is 9.69 Å². The Morgan fingerprint density at radius 1 is 1.17 bits per heavy atom. The van der Waals surface area contributed by atoms with Crippen molar-refractivity contribution in [3.05, 3.63) is 58.6 Å². The van der Waals surface area contributed by atoms with Gasteiger partial charge in [0.1, 0.15) is 5.37 Å². The molecule has 0 saturated carbocycles. The van der Waals surface area contributed by atoms with Crippen LogP contribution in [0.3, 0.4) is 0 Å². The van der Waals surface area contributed by atoms with Crippen LogP contribution in [0, 0.1) is 0 Å². The predicted octanol–water partition coefficient (Wildman–Crippen LogP) is 5.23. The molecule has 0 radical (unpaired) electrons. The van der Waals surface area contributed by atoms with Crippen molar-refractivity contribution < 1.29 is 4.79 Å². The molecule has 0 unspecified atom stereocenters. The number of halogens is 1. The highest BCUT2D eigenvalue weighted by Crippen LogP contribution is 2.47. The van der Waals surface area contributed by atoms with Gasteiger partial charge < -0.3 is 0 Å². The van der Waals surface area contributed by atoms with E-state index in [2.05, 4.69) is 33.0 Å². The molecule has 3 aromatic rings. The van der Waals surface area contributed by atoms with Crippen LogP contribution in [-0.4, -0.2) is 16.1 Å². The molecule has 1 amide bonds. The Labute approximate surface area is 150 Å². The molecule has 4 rings (SSSR count). The molecule has 0 N–H and O–H groups in total. The van der Waals surface area contributed by atoms with Crippen LogP contribution in [-0.2, 0) is 4.79 Å². The number of carbonyl (C=O) groups excluding carboxylic acids is 1. The number of nitrogens with zero attached hydrogens (tertiary/aromatic N) is 2. The second kappa shape index (κ2) is 5.92. The van der Waals surface area contributed by atoms with Gasteiger partial charge in [0.25, 0.3) is 0 Å². The first-order chi connectivity index (χ1) is 11.1. The van der Waals surface area contributed by atoms with Gasteiger partial charge in [0, 0.05) is 4.47 Å². The van der Waals surface area contributed by atoms with Gasteiger partial charge in [0.05, 0.1) is 15.5 Å². The Balaban J connectivity index is 1.81. The molecule has 1 aromatic heterocycles. The number of fused-ring (bicyclic) bond motifs is 1. The van der Waals surface area contributed by atoms with E-state index >= 15 is 0 Å². The number of amides is 1.